The smallest absolute Gasteiger partial charge is 0.277 e. The van der Waals surface area contributed by atoms with Crippen LogP contribution in [-0.4, -0.2) is 14.5 Å². The van der Waals surface area contributed by atoms with Gasteiger partial charge in [-0.05, 0) is 44.2 Å². The Morgan fingerprint density at radius 1 is 1.39 bits per heavy atom. The molecule has 0 N–H and O–H groups in total. The highest BCUT2D eigenvalue weighted by Gasteiger charge is 2.13. The molecule has 0 spiro atoms. The summed E-state index contributed by atoms with van der Waals surface area (Å²) in [4.78, 5) is 22.4. The van der Waals surface area contributed by atoms with Crippen molar-refractivity contribution < 1.29 is 0 Å². The van der Waals surface area contributed by atoms with Gasteiger partial charge in [0.05, 0.1) is 6.54 Å². The molecule has 2 heterocycles. The predicted octanol–water partition coefficient (Wildman–Crippen LogP) is 1.94. The van der Waals surface area contributed by atoms with Crippen LogP contribution in [-0.2, 0) is 19.4 Å². The van der Waals surface area contributed by atoms with E-state index in [9.17, 15) is 4.79 Å². The molecule has 94 valence electrons. The Hall–Kier alpha value is -1.49. The van der Waals surface area contributed by atoms with Crippen LogP contribution in [0.5, 0.6) is 0 Å². The maximum absolute atomic E-state index is 11.7. The van der Waals surface area contributed by atoms with Crippen molar-refractivity contribution in [3.8, 4) is 0 Å². The van der Waals surface area contributed by atoms with Gasteiger partial charge in [0.25, 0.3) is 0 Å². The minimum absolute atomic E-state index is 0.214. The van der Waals surface area contributed by atoms with Crippen LogP contribution in [0, 0.1) is 6.92 Å². The lowest BCUT2D eigenvalue weighted by Gasteiger charge is -2.08. The summed E-state index contributed by atoms with van der Waals surface area (Å²) in [5.74, 6) is 0.529. The lowest BCUT2D eigenvalue weighted by atomic mass is 9.99. The number of aryl methyl sites for hydroxylation is 3. The van der Waals surface area contributed by atoms with Crippen molar-refractivity contribution in [1.82, 2.24) is 14.5 Å². The van der Waals surface area contributed by atoms with E-state index in [0.29, 0.717) is 12.4 Å². The highest BCUT2D eigenvalue weighted by molar-refractivity contribution is 7.12. The molecule has 18 heavy (non-hydrogen) atoms. The largest absolute Gasteiger partial charge is 0.350 e. The first-order chi connectivity index (χ1) is 8.72. The lowest BCUT2D eigenvalue weighted by Crippen LogP contribution is -2.24. The van der Waals surface area contributed by atoms with Crippen LogP contribution in [0.25, 0.3) is 0 Å². The average Bonchev–Trinajstić information content (AvgIpc) is 2.75. The molecule has 0 bridgehead atoms. The van der Waals surface area contributed by atoms with Gasteiger partial charge in [0.15, 0.2) is 0 Å². The van der Waals surface area contributed by atoms with E-state index < -0.39 is 0 Å². The minimum Gasteiger partial charge on any atom is -0.277 e. The molecule has 3 rings (SSSR count). The second-order valence-corrected chi connectivity index (χ2v) is 5.90. The van der Waals surface area contributed by atoms with Crippen LogP contribution >= 0.6 is 11.3 Å². The fraction of sp³-hybridized carbons (Fsp3) is 0.462. The SMILES string of the molecule is Cc1ncn(Cc2cc3c(s2)CCCC3)c(=O)n1. The van der Waals surface area contributed by atoms with Crippen molar-refractivity contribution in [3.63, 3.8) is 0 Å². The monoisotopic (exact) mass is 261 g/mol. The van der Waals surface area contributed by atoms with E-state index in [1.54, 1.807) is 17.8 Å². The maximum atomic E-state index is 11.7. The molecular weight excluding hydrogens is 246 g/mol. The molecule has 0 amide bonds. The molecule has 2 aromatic rings. The first kappa shape index (κ1) is 11.6. The van der Waals surface area contributed by atoms with Crippen LogP contribution in [0.15, 0.2) is 17.2 Å². The first-order valence-corrected chi connectivity index (χ1v) is 7.04. The molecule has 0 aromatic carbocycles. The predicted molar refractivity (Wildman–Crippen MR) is 71.1 cm³/mol. The summed E-state index contributed by atoms with van der Waals surface area (Å²) in [6, 6.07) is 2.24. The second-order valence-electron chi connectivity index (χ2n) is 4.68. The Balaban J connectivity index is 1.88. The average molecular weight is 261 g/mol. The fourth-order valence-corrected chi connectivity index (χ4v) is 3.60. The molecule has 0 unspecified atom stereocenters. The number of hydrogen-bond acceptors (Lipinski definition) is 4. The third kappa shape index (κ3) is 2.22. The van der Waals surface area contributed by atoms with Crippen molar-refractivity contribution >= 4 is 11.3 Å². The molecule has 1 aliphatic carbocycles. The first-order valence-electron chi connectivity index (χ1n) is 6.23. The van der Waals surface area contributed by atoms with Gasteiger partial charge in [0.2, 0.25) is 0 Å². The zero-order valence-electron chi connectivity index (χ0n) is 10.3. The third-order valence-corrected chi connectivity index (χ3v) is 4.48. The summed E-state index contributed by atoms with van der Waals surface area (Å²) in [5.41, 5.74) is 1.26. The van der Waals surface area contributed by atoms with Crippen molar-refractivity contribution in [2.24, 2.45) is 0 Å². The summed E-state index contributed by atoms with van der Waals surface area (Å²) >= 11 is 1.83. The van der Waals surface area contributed by atoms with Crippen LogP contribution in [0.1, 0.15) is 34.0 Å². The van der Waals surface area contributed by atoms with E-state index in [0.717, 1.165) is 0 Å². The molecule has 0 aliphatic heterocycles. The van der Waals surface area contributed by atoms with Gasteiger partial charge in [-0.25, -0.2) is 9.78 Å². The topological polar surface area (TPSA) is 47.8 Å². The van der Waals surface area contributed by atoms with Gasteiger partial charge in [-0.3, -0.25) is 4.57 Å². The van der Waals surface area contributed by atoms with E-state index in [4.69, 9.17) is 0 Å². The molecule has 0 atom stereocenters. The molecule has 0 saturated heterocycles. The van der Waals surface area contributed by atoms with E-state index >= 15 is 0 Å². The number of thiophene rings is 1. The number of rotatable bonds is 2. The Kier molecular flexibility index (Phi) is 2.99. The Morgan fingerprint density at radius 2 is 2.22 bits per heavy atom. The standard InChI is InChI=1S/C13H15N3OS/c1-9-14-8-16(13(17)15-9)7-11-6-10-4-2-3-5-12(10)18-11/h6,8H,2-5,7H2,1H3. The van der Waals surface area contributed by atoms with Crippen LogP contribution in [0.2, 0.25) is 0 Å². The van der Waals surface area contributed by atoms with Gasteiger partial charge in [0, 0.05) is 9.75 Å². The zero-order chi connectivity index (χ0) is 12.5. The Bertz CT molecular complexity index is 606. The molecule has 2 aromatic heterocycles. The van der Waals surface area contributed by atoms with Gasteiger partial charge in [0.1, 0.15) is 12.2 Å². The van der Waals surface area contributed by atoms with Gasteiger partial charge in [-0.2, -0.15) is 4.98 Å². The van der Waals surface area contributed by atoms with Crippen LogP contribution in [0.4, 0.5) is 0 Å². The molecule has 4 nitrogen and oxygen atoms in total. The molecule has 0 radical (unpaired) electrons. The van der Waals surface area contributed by atoms with Gasteiger partial charge < -0.3 is 0 Å². The van der Waals surface area contributed by atoms with Crippen molar-refractivity contribution in [3.05, 3.63) is 44.0 Å². The van der Waals surface area contributed by atoms with Crippen molar-refractivity contribution in [1.29, 1.82) is 0 Å². The number of aromatic nitrogens is 3. The highest BCUT2D eigenvalue weighted by atomic mass is 32.1. The fourth-order valence-electron chi connectivity index (χ4n) is 2.34. The van der Waals surface area contributed by atoms with E-state index in [1.165, 1.54) is 41.0 Å². The van der Waals surface area contributed by atoms with Gasteiger partial charge >= 0.3 is 5.69 Å². The summed E-state index contributed by atoms with van der Waals surface area (Å²) in [6.07, 6.45) is 6.55. The van der Waals surface area contributed by atoms with Crippen LogP contribution < -0.4 is 5.69 Å². The third-order valence-electron chi connectivity index (χ3n) is 3.26. The Morgan fingerprint density at radius 3 is 3.00 bits per heavy atom. The summed E-state index contributed by atoms with van der Waals surface area (Å²) in [6.45, 7) is 2.33. The van der Waals surface area contributed by atoms with Crippen LogP contribution in [0.3, 0.4) is 0 Å². The van der Waals surface area contributed by atoms with Gasteiger partial charge in [-0.15, -0.1) is 11.3 Å². The highest BCUT2D eigenvalue weighted by Crippen LogP contribution is 2.29. The van der Waals surface area contributed by atoms with E-state index in [1.807, 2.05) is 11.3 Å². The van der Waals surface area contributed by atoms with Crippen molar-refractivity contribution in [2.75, 3.05) is 0 Å². The molecule has 1 aliphatic rings. The zero-order valence-corrected chi connectivity index (χ0v) is 11.2. The maximum Gasteiger partial charge on any atom is 0.350 e. The summed E-state index contributed by atoms with van der Waals surface area (Å²) < 4.78 is 1.57. The summed E-state index contributed by atoms with van der Waals surface area (Å²) in [5, 5.41) is 0. The lowest BCUT2D eigenvalue weighted by molar-refractivity contribution is 0.689. The van der Waals surface area contributed by atoms with E-state index in [2.05, 4.69) is 16.0 Å². The van der Waals surface area contributed by atoms with Crippen molar-refractivity contribution in [2.45, 2.75) is 39.2 Å². The quantitative estimate of drug-likeness (QED) is 0.830. The molecule has 0 saturated carbocycles. The minimum atomic E-state index is -0.214. The Labute approximate surface area is 109 Å². The molecule has 0 fully saturated rings. The normalized spacial score (nSPS) is 14.5. The molecular formula is C13H15N3OS. The van der Waals surface area contributed by atoms with Gasteiger partial charge in [-0.1, -0.05) is 0 Å². The molecule has 5 heteroatoms. The second kappa shape index (κ2) is 4.65. The van der Waals surface area contributed by atoms with E-state index in [-0.39, 0.29) is 5.69 Å². The number of hydrogen-bond donors (Lipinski definition) is 0. The number of fused-ring (bicyclic) bond motifs is 1. The summed E-state index contributed by atoms with van der Waals surface area (Å²) in [7, 11) is 0. The number of nitrogens with zero attached hydrogens (tertiary/aromatic N) is 3.